The average molecular weight is 249 g/mol. The predicted molar refractivity (Wildman–Crippen MR) is 53.4 cm³/mol. The Labute approximate surface area is 82.4 Å². The van der Waals surface area contributed by atoms with Crippen LogP contribution in [0, 0.1) is 6.92 Å². The SMILES string of the molecule is Cc1ccc(Br)c(CS(=O)O)c1. The summed E-state index contributed by atoms with van der Waals surface area (Å²) in [5, 5.41) is 0. The van der Waals surface area contributed by atoms with Gasteiger partial charge in [-0.25, -0.2) is 4.21 Å². The molecule has 0 fully saturated rings. The van der Waals surface area contributed by atoms with Gasteiger partial charge in [-0.1, -0.05) is 33.6 Å². The summed E-state index contributed by atoms with van der Waals surface area (Å²) in [7, 11) is 0. The highest BCUT2D eigenvalue weighted by Gasteiger charge is 2.02. The molecule has 4 heteroatoms. The van der Waals surface area contributed by atoms with E-state index in [1.165, 1.54) is 0 Å². The van der Waals surface area contributed by atoms with Crippen LogP contribution in [-0.4, -0.2) is 8.76 Å². The smallest absolute Gasteiger partial charge is 0.157 e. The van der Waals surface area contributed by atoms with Crippen molar-refractivity contribution in [3.05, 3.63) is 33.8 Å². The third kappa shape index (κ3) is 2.69. The zero-order chi connectivity index (χ0) is 9.14. The van der Waals surface area contributed by atoms with E-state index in [2.05, 4.69) is 15.9 Å². The standard InChI is InChI=1S/C8H9BrO2S/c1-6-2-3-8(9)7(4-6)5-12(10)11/h2-4H,5H2,1H3,(H,10,11). The van der Waals surface area contributed by atoms with Crippen molar-refractivity contribution in [3.63, 3.8) is 0 Å². The molecule has 0 amide bonds. The first kappa shape index (κ1) is 9.89. The highest BCUT2D eigenvalue weighted by molar-refractivity contribution is 9.10. The quantitative estimate of drug-likeness (QED) is 0.817. The van der Waals surface area contributed by atoms with Crippen LogP contribution < -0.4 is 0 Å². The Kier molecular flexibility index (Phi) is 3.43. The Balaban J connectivity index is 2.97. The molecule has 0 aliphatic heterocycles. The molecule has 0 aliphatic rings. The third-order valence-electron chi connectivity index (χ3n) is 1.48. The lowest BCUT2D eigenvalue weighted by molar-refractivity contribution is 0.563. The van der Waals surface area contributed by atoms with Crippen LogP contribution in [0.3, 0.4) is 0 Å². The van der Waals surface area contributed by atoms with E-state index in [-0.39, 0.29) is 5.75 Å². The molecule has 0 spiro atoms. The summed E-state index contributed by atoms with van der Waals surface area (Å²) in [6.45, 7) is 1.95. The monoisotopic (exact) mass is 248 g/mol. The number of halogens is 1. The number of benzene rings is 1. The Bertz CT molecular complexity index is 312. The summed E-state index contributed by atoms with van der Waals surface area (Å²) in [5.41, 5.74) is 1.97. The van der Waals surface area contributed by atoms with Crippen LogP contribution in [0.15, 0.2) is 22.7 Å². The van der Waals surface area contributed by atoms with Gasteiger partial charge >= 0.3 is 0 Å². The van der Waals surface area contributed by atoms with Crippen LogP contribution >= 0.6 is 15.9 Å². The first-order valence-corrected chi connectivity index (χ1v) is 5.49. The molecule has 1 aromatic carbocycles. The Morgan fingerprint density at radius 3 is 2.83 bits per heavy atom. The lowest BCUT2D eigenvalue weighted by Crippen LogP contribution is -1.94. The molecule has 1 rings (SSSR count). The summed E-state index contributed by atoms with van der Waals surface area (Å²) >= 11 is 1.55. The van der Waals surface area contributed by atoms with Crippen molar-refractivity contribution in [1.82, 2.24) is 0 Å². The molecule has 1 unspecified atom stereocenters. The van der Waals surface area contributed by atoms with Gasteiger partial charge in [0.15, 0.2) is 11.1 Å². The zero-order valence-electron chi connectivity index (χ0n) is 6.58. The van der Waals surface area contributed by atoms with Crippen molar-refractivity contribution in [2.24, 2.45) is 0 Å². The van der Waals surface area contributed by atoms with E-state index >= 15 is 0 Å². The lowest BCUT2D eigenvalue weighted by Gasteiger charge is -2.02. The van der Waals surface area contributed by atoms with Crippen molar-refractivity contribution in [1.29, 1.82) is 0 Å². The molecule has 0 heterocycles. The molecule has 1 N–H and O–H groups in total. The first-order chi connectivity index (χ1) is 5.59. The molecule has 12 heavy (non-hydrogen) atoms. The highest BCUT2D eigenvalue weighted by atomic mass is 79.9. The Morgan fingerprint density at radius 2 is 2.25 bits per heavy atom. The van der Waals surface area contributed by atoms with Gasteiger partial charge in [-0.05, 0) is 18.6 Å². The van der Waals surface area contributed by atoms with E-state index in [4.69, 9.17) is 4.55 Å². The second-order valence-corrected chi connectivity index (χ2v) is 4.35. The van der Waals surface area contributed by atoms with Crippen LogP contribution in [0.2, 0.25) is 0 Å². The van der Waals surface area contributed by atoms with Crippen molar-refractivity contribution in [2.45, 2.75) is 12.7 Å². The topological polar surface area (TPSA) is 37.3 Å². The normalized spacial score (nSPS) is 12.9. The van der Waals surface area contributed by atoms with Gasteiger partial charge in [0.05, 0.1) is 5.75 Å². The Morgan fingerprint density at radius 1 is 1.58 bits per heavy atom. The van der Waals surface area contributed by atoms with Crippen LogP contribution in [0.1, 0.15) is 11.1 Å². The molecule has 1 aromatic rings. The van der Waals surface area contributed by atoms with Crippen molar-refractivity contribution in [2.75, 3.05) is 0 Å². The van der Waals surface area contributed by atoms with Gasteiger partial charge in [0.25, 0.3) is 0 Å². The Hall–Kier alpha value is -0.190. The molecule has 66 valence electrons. The minimum atomic E-state index is -1.77. The molecule has 1 atom stereocenters. The van der Waals surface area contributed by atoms with E-state index < -0.39 is 11.1 Å². The van der Waals surface area contributed by atoms with E-state index in [1.807, 2.05) is 25.1 Å². The van der Waals surface area contributed by atoms with Gasteiger partial charge in [-0.15, -0.1) is 0 Å². The van der Waals surface area contributed by atoms with Crippen LogP contribution in [0.5, 0.6) is 0 Å². The number of rotatable bonds is 2. The summed E-state index contributed by atoms with van der Waals surface area (Å²) in [6, 6.07) is 5.74. The van der Waals surface area contributed by atoms with Gasteiger partial charge in [0.2, 0.25) is 0 Å². The fourth-order valence-electron chi connectivity index (χ4n) is 0.947. The largest absolute Gasteiger partial charge is 0.306 e. The molecule has 0 aliphatic carbocycles. The summed E-state index contributed by atoms with van der Waals surface area (Å²) in [4.78, 5) is 0. The maximum absolute atomic E-state index is 10.5. The van der Waals surface area contributed by atoms with Crippen molar-refractivity contribution < 1.29 is 8.76 Å². The van der Waals surface area contributed by atoms with Gasteiger partial charge < -0.3 is 4.55 Å². The molecule has 2 nitrogen and oxygen atoms in total. The lowest BCUT2D eigenvalue weighted by atomic mass is 10.2. The van der Waals surface area contributed by atoms with Gasteiger partial charge in [0, 0.05) is 4.47 Å². The summed E-state index contributed by atoms with van der Waals surface area (Å²) in [5.74, 6) is 0.183. The third-order valence-corrected chi connectivity index (χ3v) is 2.81. The van der Waals surface area contributed by atoms with Gasteiger partial charge in [0.1, 0.15) is 0 Å². The zero-order valence-corrected chi connectivity index (χ0v) is 8.98. The van der Waals surface area contributed by atoms with E-state index in [0.29, 0.717) is 0 Å². The second kappa shape index (κ2) is 4.16. The molecule has 0 bridgehead atoms. The average Bonchev–Trinajstić information content (AvgIpc) is 1.96. The van der Waals surface area contributed by atoms with E-state index in [9.17, 15) is 4.21 Å². The van der Waals surface area contributed by atoms with Crippen LogP contribution in [0.4, 0.5) is 0 Å². The second-order valence-electron chi connectivity index (χ2n) is 2.56. The highest BCUT2D eigenvalue weighted by Crippen LogP contribution is 2.19. The minimum absolute atomic E-state index is 0.183. The number of aryl methyl sites for hydroxylation is 1. The van der Waals surface area contributed by atoms with E-state index in [0.717, 1.165) is 15.6 Å². The molecule has 0 aromatic heterocycles. The fourth-order valence-corrected chi connectivity index (χ4v) is 2.02. The van der Waals surface area contributed by atoms with Crippen molar-refractivity contribution in [3.8, 4) is 0 Å². The number of hydrogen-bond donors (Lipinski definition) is 1. The summed E-state index contributed by atoms with van der Waals surface area (Å²) in [6.07, 6.45) is 0. The maximum Gasteiger partial charge on any atom is 0.157 e. The predicted octanol–water partition coefficient (Wildman–Crippen LogP) is 2.48. The molecule has 0 radical (unpaired) electrons. The maximum atomic E-state index is 10.5. The van der Waals surface area contributed by atoms with Crippen LogP contribution in [-0.2, 0) is 16.8 Å². The molecule has 0 saturated carbocycles. The van der Waals surface area contributed by atoms with Crippen LogP contribution in [0.25, 0.3) is 0 Å². The molecule has 0 saturated heterocycles. The number of hydrogen-bond acceptors (Lipinski definition) is 1. The van der Waals surface area contributed by atoms with Gasteiger partial charge in [-0.2, -0.15) is 0 Å². The molecular weight excluding hydrogens is 240 g/mol. The summed E-state index contributed by atoms with van der Waals surface area (Å²) < 4.78 is 20.1. The van der Waals surface area contributed by atoms with Crippen molar-refractivity contribution >= 4 is 27.0 Å². The minimum Gasteiger partial charge on any atom is -0.306 e. The fraction of sp³-hybridized carbons (Fsp3) is 0.250. The van der Waals surface area contributed by atoms with E-state index in [1.54, 1.807) is 0 Å². The first-order valence-electron chi connectivity index (χ1n) is 3.42. The van der Waals surface area contributed by atoms with Gasteiger partial charge in [-0.3, -0.25) is 0 Å². The molecular formula is C8H9BrO2S.